The van der Waals surface area contributed by atoms with Crippen LogP contribution in [0.4, 0.5) is 5.69 Å². The molecule has 0 saturated heterocycles. The fourth-order valence-corrected chi connectivity index (χ4v) is 2.86. The van der Waals surface area contributed by atoms with E-state index in [1.807, 2.05) is 32.3 Å². The Bertz CT molecular complexity index is 709. The highest BCUT2D eigenvalue weighted by Gasteiger charge is 1.98. The van der Waals surface area contributed by atoms with Crippen molar-refractivity contribution in [1.82, 2.24) is 0 Å². The van der Waals surface area contributed by atoms with Gasteiger partial charge in [0.25, 0.3) is 0 Å². The van der Waals surface area contributed by atoms with Crippen LogP contribution in [-0.2, 0) is 0 Å². The van der Waals surface area contributed by atoms with Crippen LogP contribution in [0, 0.1) is 6.92 Å². The smallest absolute Gasteiger partial charge is 0.0361 e. The van der Waals surface area contributed by atoms with Crippen molar-refractivity contribution < 1.29 is 0 Å². The fourth-order valence-electron chi connectivity index (χ4n) is 2.06. The van der Waals surface area contributed by atoms with E-state index in [1.165, 1.54) is 21.7 Å². The number of allylic oxidation sites excluding steroid dienone is 3. The number of nitrogens with zero attached hydrogens (tertiary/aromatic N) is 1. The minimum absolute atomic E-state index is 1.03. The summed E-state index contributed by atoms with van der Waals surface area (Å²) < 4.78 is 0. The average Bonchev–Trinajstić information content (AvgIpc) is 2.54. The molecular formula is C21H23NS. The number of aryl methyl sites for hydroxylation is 1. The topological polar surface area (TPSA) is 3.24 Å². The van der Waals surface area contributed by atoms with Crippen LogP contribution in [0.5, 0.6) is 0 Å². The van der Waals surface area contributed by atoms with Crippen LogP contribution in [0.25, 0.3) is 6.08 Å². The van der Waals surface area contributed by atoms with Crippen molar-refractivity contribution in [2.75, 3.05) is 19.0 Å². The van der Waals surface area contributed by atoms with Crippen LogP contribution in [0.15, 0.2) is 83.1 Å². The monoisotopic (exact) mass is 321 g/mol. The second kappa shape index (κ2) is 8.44. The number of anilines is 1. The SMILES string of the molecule is C=C(/C=C/C=C/c1ccc(N(C)C)cc1)Sc1ccccc1C. The first-order chi connectivity index (χ1) is 11.1. The largest absolute Gasteiger partial charge is 0.378 e. The first kappa shape index (κ1) is 17.2. The predicted molar refractivity (Wildman–Crippen MR) is 105 cm³/mol. The molecule has 0 aliphatic rings. The first-order valence-electron chi connectivity index (χ1n) is 7.61. The Labute approximate surface area is 144 Å². The standard InChI is InChI=1S/C21H23NS/c1-17-9-5-8-12-21(17)23-18(2)10-6-7-11-19-13-15-20(16-14-19)22(3)4/h5-16H,2H2,1,3-4H3/b10-6+,11-7+. The normalized spacial score (nSPS) is 11.3. The van der Waals surface area contributed by atoms with Gasteiger partial charge in [-0.1, -0.05) is 66.9 Å². The van der Waals surface area contributed by atoms with Gasteiger partial charge >= 0.3 is 0 Å². The van der Waals surface area contributed by atoms with Crippen molar-refractivity contribution in [2.45, 2.75) is 11.8 Å². The summed E-state index contributed by atoms with van der Waals surface area (Å²) in [4.78, 5) is 4.39. The molecule has 0 radical (unpaired) electrons. The Morgan fingerprint density at radius 2 is 1.70 bits per heavy atom. The molecule has 2 heteroatoms. The summed E-state index contributed by atoms with van der Waals surface area (Å²) in [5.41, 5.74) is 3.68. The molecule has 0 aromatic heterocycles. The Morgan fingerprint density at radius 1 is 1.00 bits per heavy atom. The van der Waals surface area contributed by atoms with Gasteiger partial charge in [-0.05, 0) is 42.3 Å². The molecule has 0 amide bonds. The molecule has 23 heavy (non-hydrogen) atoms. The molecule has 0 saturated carbocycles. The zero-order valence-electron chi connectivity index (χ0n) is 14.0. The lowest BCUT2D eigenvalue weighted by molar-refractivity contribution is 1.13. The van der Waals surface area contributed by atoms with Gasteiger partial charge in [-0.25, -0.2) is 0 Å². The van der Waals surface area contributed by atoms with E-state index in [-0.39, 0.29) is 0 Å². The van der Waals surface area contributed by atoms with Crippen molar-refractivity contribution in [2.24, 2.45) is 0 Å². The van der Waals surface area contributed by atoms with Gasteiger partial charge in [0.15, 0.2) is 0 Å². The Morgan fingerprint density at radius 3 is 2.35 bits per heavy atom. The Hall–Kier alpha value is -2.19. The lowest BCUT2D eigenvalue weighted by Gasteiger charge is -2.11. The predicted octanol–water partition coefficient (Wildman–Crippen LogP) is 5.94. The molecule has 0 unspecified atom stereocenters. The van der Waals surface area contributed by atoms with E-state index in [2.05, 4.69) is 73.0 Å². The molecule has 0 heterocycles. The summed E-state index contributed by atoms with van der Waals surface area (Å²) in [6, 6.07) is 16.9. The van der Waals surface area contributed by atoms with Gasteiger partial charge in [0.05, 0.1) is 0 Å². The van der Waals surface area contributed by atoms with E-state index in [1.54, 1.807) is 11.8 Å². The number of hydrogen-bond acceptors (Lipinski definition) is 2. The molecule has 0 aliphatic heterocycles. The molecule has 0 fully saturated rings. The number of hydrogen-bond donors (Lipinski definition) is 0. The second-order valence-corrected chi connectivity index (χ2v) is 6.71. The first-order valence-corrected chi connectivity index (χ1v) is 8.42. The molecule has 0 aliphatic carbocycles. The summed E-state index contributed by atoms with van der Waals surface area (Å²) in [7, 11) is 4.09. The van der Waals surface area contributed by atoms with Crippen LogP contribution in [-0.4, -0.2) is 14.1 Å². The van der Waals surface area contributed by atoms with Gasteiger partial charge in [-0.2, -0.15) is 0 Å². The van der Waals surface area contributed by atoms with Gasteiger partial charge in [0.2, 0.25) is 0 Å². The number of benzene rings is 2. The summed E-state index contributed by atoms with van der Waals surface area (Å²) in [6.45, 7) is 6.23. The van der Waals surface area contributed by atoms with Crippen LogP contribution in [0.2, 0.25) is 0 Å². The van der Waals surface area contributed by atoms with Crippen LogP contribution < -0.4 is 4.90 Å². The Kier molecular flexibility index (Phi) is 6.30. The highest BCUT2D eigenvalue weighted by molar-refractivity contribution is 8.03. The maximum atomic E-state index is 4.10. The molecule has 1 nitrogen and oxygen atoms in total. The Balaban J connectivity index is 1.90. The van der Waals surface area contributed by atoms with E-state index in [0.29, 0.717) is 0 Å². The van der Waals surface area contributed by atoms with Gasteiger partial charge in [-0.3, -0.25) is 0 Å². The van der Waals surface area contributed by atoms with Crippen LogP contribution >= 0.6 is 11.8 Å². The lowest BCUT2D eigenvalue weighted by atomic mass is 10.2. The molecule has 2 rings (SSSR count). The third-order valence-corrected chi connectivity index (χ3v) is 4.50. The van der Waals surface area contributed by atoms with Crippen molar-refractivity contribution in [3.05, 3.63) is 89.4 Å². The zero-order chi connectivity index (χ0) is 16.7. The molecule has 0 bridgehead atoms. The fraction of sp³-hybridized carbons (Fsp3) is 0.143. The number of thioether (sulfide) groups is 1. The van der Waals surface area contributed by atoms with E-state index >= 15 is 0 Å². The van der Waals surface area contributed by atoms with E-state index in [9.17, 15) is 0 Å². The lowest BCUT2D eigenvalue weighted by Crippen LogP contribution is -2.07. The van der Waals surface area contributed by atoms with Gasteiger partial charge in [0.1, 0.15) is 0 Å². The van der Waals surface area contributed by atoms with E-state index in [0.717, 1.165) is 4.91 Å². The van der Waals surface area contributed by atoms with Crippen molar-refractivity contribution in [3.63, 3.8) is 0 Å². The second-order valence-electron chi connectivity index (χ2n) is 5.54. The quantitative estimate of drug-likeness (QED) is 0.479. The summed E-state index contributed by atoms with van der Waals surface area (Å²) in [5.74, 6) is 0. The minimum Gasteiger partial charge on any atom is -0.378 e. The number of rotatable bonds is 6. The maximum Gasteiger partial charge on any atom is 0.0361 e. The maximum absolute atomic E-state index is 4.10. The van der Waals surface area contributed by atoms with Crippen LogP contribution in [0.3, 0.4) is 0 Å². The van der Waals surface area contributed by atoms with Crippen LogP contribution in [0.1, 0.15) is 11.1 Å². The third-order valence-electron chi connectivity index (χ3n) is 3.43. The van der Waals surface area contributed by atoms with Crippen molar-refractivity contribution in [1.29, 1.82) is 0 Å². The average molecular weight is 321 g/mol. The van der Waals surface area contributed by atoms with Gasteiger partial charge < -0.3 is 4.90 Å². The molecule has 2 aromatic rings. The molecule has 0 spiro atoms. The van der Waals surface area contributed by atoms with E-state index in [4.69, 9.17) is 0 Å². The molecule has 0 N–H and O–H groups in total. The molecule has 118 valence electrons. The van der Waals surface area contributed by atoms with Crippen molar-refractivity contribution >= 4 is 23.5 Å². The summed E-state index contributed by atoms with van der Waals surface area (Å²) in [6.07, 6.45) is 8.23. The molecule has 2 aromatic carbocycles. The molecular weight excluding hydrogens is 298 g/mol. The van der Waals surface area contributed by atoms with Gasteiger partial charge in [-0.15, -0.1) is 0 Å². The molecule has 0 atom stereocenters. The van der Waals surface area contributed by atoms with Gasteiger partial charge in [0, 0.05) is 29.6 Å². The van der Waals surface area contributed by atoms with E-state index < -0.39 is 0 Å². The highest BCUT2D eigenvalue weighted by atomic mass is 32.2. The third kappa shape index (κ3) is 5.50. The summed E-state index contributed by atoms with van der Waals surface area (Å²) >= 11 is 1.70. The minimum atomic E-state index is 1.03. The zero-order valence-corrected chi connectivity index (χ0v) is 14.8. The summed E-state index contributed by atoms with van der Waals surface area (Å²) in [5, 5.41) is 0. The highest BCUT2D eigenvalue weighted by Crippen LogP contribution is 2.28. The van der Waals surface area contributed by atoms with Crippen molar-refractivity contribution in [3.8, 4) is 0 Å².